The predicted molar refractivity (Wildman–Crippen MR) is 91.7 cm³/mol. The van der Waals surface area contributed by atoms with Crippen molar-refractivity contribution < 1.29 is 18.3 Å². The fourth-order valence-corrected chi connectivity index (χ4v) is 2.32. The minimum absolute atomic E-state index is 0.162. The Balaban J connectivity index is 1.74. The summed E-state index contributed by atoms with van der Waals surface area (Å²) < 4.78 is 24.4. The van der Waals surface area contributed by atoms with Gasteiger partial charge in [-0.25, -0.2) is 9.37 Å². The molecule has 0 radical (unpaired) electrons. The number of nitrogens with one attached hydrogen (secondary N) is 1. The van der Waals surface area contributed by atoms with Gasteiger partial charge < -0.3 is 14.5 Å². The number of ether oxygens (including phenoxy) is 1. The van der Waals surface area contributed by atoms with Gasteiger partial charge in [0.2, 0.25) is 11.8 Å². The summed E-state index contributed by atoms with van der Waals surface area (Å²) >= 11 is 0. The van der Waals surface area contributed by atoms with Gasteiger partial charge in [-0.1, -0.05) is 12.1 Å². The van der Waals surface area contributed by atoms with E-state index in [1.807, 2.05) is 19.1 Å². The summed E-state index contributed by atoms with van der Waals surface area (Å²) in [5.74, 6) is 0.340. The molecule has 0 aliphatic rings. The monoisotopic (exact) mass is 340 g/mol. The molecular weight excluding hydrogens is 323 g/mol. The summed E-state index contributed by atoms with van der Waals surface area (Å²) in [6.45, 7) is 3.53. The molecule has 1 heterocycles. The standard InChI is InChI=1S/C19H17FN2O3/c1-12-6-7-17(21-13(2)23)18(8-12)24-10-16-11-25-19(22-16)14-4-3-5-15(20)9-14/h3-9,11H,10H2,1-2H3,(H,21,23). The number of amides is 1. The third kappa shape index (κ3) is 4.23. The van der Waals surface area contributed by atoms with Crippen LogP contribution >= 0.6 is 0 Å². The number of aryl methyl sites for hydroxylation is 1. The summed E-state index contributed by atoms with van der Waals surface area (Å²) in [7, 11) is 0. The van der Waals surface area contributed by atoms with Crippen molar-refractivity contribution in [1.29, 1.82) is 0 Å². The molecule has 5 nitrogen and oxygen atoms in total. The van der Waals surface area contributed by atoms with E-state index in [0.717, 1.165) is 5.56 Å². The van der Waals surface area contributed by atoms with E-state index in [1.165, 1.54) is 25.3 Å². The number of anilines is 1. The van der Waals surface area contributed by atoms with Gasteiger partial charge in [0.15, 0.2) is 0 Å². The van der Waals surface area contributed by atoms with Crippen molar-refractivity contribution in [3.8, 4) is 17.2 Å². The van der Waals surface area contributed by atoms with E-state index in [4.69, 9.17) is 9.15 Å². The Morgan fingerprint density at radius 1 is 1.28 bits per heavy atom. The zero-order valence-electron chi connectivity index (χ0n) is 13.9. The van der Waals surface area contributed by atoms with E-state index in [1.54, 1.807) is 18.2 Å². The summed E-state index contributed by atoms with van der Waals surface area (Å²) in [5.41, 5.74) is 2.71. The molecule has 3 rings (SSSR count). The van der Waals surface area contributed by atoms with E-state index in [2.05, 4.69) is 10.3 Å². The van der Waals surface area contributed by atoms with Crippen LogP contribution in [0.25, 0.3) is 11.5 Å². The van der Waals surface area contributed by atoms with E-state index in [0.29, 0.717) is 28.6 Å². The van der Waals surface area contributed by atoms with Crippen LogP contribution in [-0.2, 0) is 11.4 Å². The molecule has 0 spiro atoms. The lowest BCUT2D eigenvalue weighted by Crippen LogP contribution is -2.08. The fourth-order valence-electron chi connectivity index (χ4n) is 2.32. The number of rotatable bonds is 5. The number of carbonyl (C=O) groups excluding carboxylic acids is 1. The Labute approximate surface area is 144 Å². The highest BCUT2D eigenvalue weighted by Gasteiger charge is 2.10. The van der Waals surface area contributed by atoms with Gasteiger partial charge >= 0.3 is 0 Å². The Morgan fingerprint density at radius 3 is 2.88 bits per heavy atom. The Hall–Kier alpha value is -3.15. The van der Waals surface area contributed by atoms with Gasteiger partial charge in [0.05, 0.1) is 5.69 Å². The molecule has 0 bridgehead atoms. The second kappa shape index (κ2) is 7.17. The van der Waals surface area contributed by atoms with E-state index < -0.39 is 0 Å². The van der Waals surface area contributed by atoms with Crippen LogP contribution in [0.5, 0.6) is 5.75 Å². The molecule has 1 amide bonds. The van der Waals surface area contributed by atoms with Crippen molar-refractivity contribution in [2.75, 3.05) is 5.32 Å². The van der Waals surface area contributed by atoms with Gasteiger partial charge in [-0.05, 0) is 42.8 Å². The van der Waals surface area contributed by atoms with Crippen molar-refractivity contribution in [3.63, 3.8) is 0 Å². The zero-order valence-corrected chi connectivity index (χ0v) is 13.9. The average molecular weight is 340 g/mol. The minimum Gasteiger partial charge on any atom is -0.485 e. The first-order chi connectivity index (χ1) is 12.0. The lowest BCUT2D eigenvalue weighted by Gasteiger charge is -2.11. The van der Waals surface area contributed by atoms with Crippen LogP contribution in [0, 0.1) is 12.7 Å². The third-order valence-corrected chi connectivity index (χ3v) is 3.45. The maximum atomic E-state index is 13.3. The van der Waals surface area contributed by atoms with Crippen molar-refractivity contribution in [2.24, 2.45) is 0 Å². The second-order valence-electron chi connectivity index (χ2n) is 5.62. The van der Waals surface area contributed by atoms with Gasteiger partial charge in [0.25, 0.3) is 0 Å². The number of oxazole rings is 1. The first-order valence-corrected chi connectivity index (χ1v) is 7.72. The molecule has 2 aromatic carbocycles. The summed E-state index contributed by atoms with van der Waals surface area (Å²) in [4.78, 5) is 15.6. The van der Waals surface area contributed by atoms with Crippen LogP contribution in [0.1, 0.15) is 18.2 Å². The lowest BCUT2D eigenvalue weighted by molar-refractivity contribution is -0.114. The molecule has 1 aromatic heterocycles. The summed E-state index contributed by atoms with van der Waals surface area (Å²) in [5, 5.41) is 2.72. The smallest absolute Gasteiger partial charge is 0.226 e. The average Bonchev–Trinajstić information content (AvgIpc) is 3.04. The third-order valence-electron chi connectivity index (χ3n) is 3.45. The number of hydrogen-bond donors (Lipinski definition) is 1. The number of nitrogens with zero attached hydrogens (tertiary/aromatic N) is 1. The molecule has 0 saturated carbocycles. The SMILES string of the molecule is CC(=O)Nc1ccc(C)cc1OCc1coc(-c2cccc(F)c2)n1. The van der Waals surface area contributed by atoms with E-state index in [9.17, 15) is 9.18 Å². The van der Waals surface area contributed by atoms with Gasteiger partial charge in [-0.2, -0.15) is 0 Å². The molecular formula is C19H17FN2O3. The normalized spacial score (nSPS) is 10.5. The highest BCUT2D eigenvalue weighted by molar-refractivity contribution is 5.90. The molecule has 128 valence electrons. The van der Waals surface area contributed by atoms with Crippen molar-refractivity contribution >= 4 is 11.6 Å². The quantitative estimate of drug-likeness (QED) is 0.751. The molecule has 0 unspecified atom stereocenters. The molecule has 0 saturated heterocycles. The molecule has 0 atom stereocenters. The highest BCUT2D eigenvalue weighted by atomic mass is 19.1. The molecule has 25 heavy (non-hydrogen) atoms. The minimum atomic E-state index is -0.354. The maximum absolute atomic E-state index is 13.3. The van der Waals surface area contributed by atoms with Crippen LogP contribution in [0.2, 0.25) is 0 Å². The van der Waals surface area contributed by atoms with Crippen molar-refractivity contribution in [3.05, 3.63) is 65.8 Å². The van der Waals surface area contributed by atoms with E-state index in [-0.39, 0.29) is 18.3 Å². The lowest BCUT2D eigenvalue weighted by atomic mass is 10.2. The van der Waals surface area contributed by atoms with Gasteiger partial charge in [-0.15, -0.1) is 0 Å². The van der Waals surface area contributed by atoms with Gasteiger partial charge in [0.1, 0.15) is 30.1 Å². The van der Waals surface area contributed by atoms with Crippen LogP contribution in [0.15, 0.2) is 53.1 Å². The topological polar surface area (TPSA) is 64.4 Å². The number of benzene rings is 2. The van der Waals surface area contributed by atoms with Crippen molar-refractivity contribution in [1.82, 2.24) is 4.98 Å². The molecule has 0 aliphatic carbocycles. The van der Waals surface area contributed by atoms with Crippen molar-refractivity contribution in [2.45, 2.75) is 20.5 Å². The molecule has 0 aliphatic heterocycles. The number of halogens is 1. The van der Waals surface area contributed by atoms with Crippen LogP contribution in [0.4, 0.5) is 10.1 Å². The number of carbonyl (C=O) groups is 1. The Kier molecular flexibility index (Phi) is 4.79. The van der Waals surface area contributed by atoms with Crippen LogP contribution in [0.3, 0.4) is 0 Å². The first-order valence-electron chi connectivity index (χ1n) is 7.72. The predicted octanol–water partition coefficient (Wildman–Crippen LogP) is 4.33. The second-order valence-corrected chi connectivity index (χ2v) is 5.62. The highest BCUT2D eigenvalue weighted by Crippen LogP contribution is 2.27. The summed E-state index contributed by atoms with van der Waals surface area (Å²) in [6.07, 6.45) is 1.47. The van der Waals surface area contributed by atoms with E-state index >= 15 is 0 Å². The molecule has 0 fully saturated rings. The van der Waals surface area contributed by atoms with Gasteiger partial charge in [-0.3, -0.25) is 4.79 Å². The Bertz CT molecular complexity index is 905. The Morgan fingerprint density at radius 2 is 2.12 bits per heavy atom. The summed E-state index contributed by atoms with van der Waals surface area (Å²) in [6, 6.07) is 11.5. The maximum Gasteiger partial charge on any atom is 0.226 e. The van der Waals surface area contributed by atoms with Crippen LogP contribution < -0.4 is 10.1 Å². The van der Waals surface area contributed by atoms with Gasteiger partial charge in [0, 0.05) is 12.5 Å². The molecule has 3 aromatic rings. The first kappa shape index (κ1) is 16.7. The molecule has 1 N–H and O–H groups in total. The molecule has 6 heteroatoms. The van der Waals surface area contributed by atoms with Crippen LogP contribution in [-0.4, -0.2) is 10.9 Å². The largest absolute Gasteiger partial charge is 0.485 e. The number of aromatic nitrogens is 1. The zero-order chi connectivity index (χ0) is 17.8. The number of hydrogen-bond acceptors (Lipinski definition) is 4. The fraction of sp³-hybridized carbons (Fsp3) is 0.158.